The Hall–Kier alpha value is -3.41. The van der Waals surface area contributed by atoms with E-state index in [2.05, 4.69) is 10.3 Å². The molecule has 0 aliphatic carbocycles. The molecule has 2 aromatic rings. The average molecular weight is 375 g/mol. The third-order valence-corrected chi connectivity index (χ3v) is 5.02. The van der Waals surface area contributed by atoms with Crippen molar-refractivity contribution in [3.8, 4) is 5.75 Å². The van der Waals surface area contributed by atoms with Gasteiger partial charge in [0.25, 0.3) is 0 Å². The predicted octanol–water partition coefficient (Wildman–Crippen LogP) is 3.00. The molecule has 3 heterocycles. The first-order valence-corrected chi connectivity index (χ1v) is 9.33. The second kappa shape index (κ2) is 7.68. The van der Waals surface area contributed by atoms with E-state index in [-0.39, 0.29) is 17.6 Å². The molecule has 2 amide bonds. The van der Waals surface area contributed by atoms with Gasteiger partial charge in [0.15, 0.2) is 0 Å². The average Bonchev–Trinajstić information content (AvgIpc) is 2.72. The van der Waals surface area contributed by atoms with Gasteiger partial charge in [-0.3, -0.25) is 9.59 Å². The van der Waals surface area contributed by atoms with Crippen molar-refractivity contribution in [1.82, 2.24) is 9.88 Å². The Labute approximate surface area is 163 Å². The molecule has 0 radical (unpaired) electrons. The highest BCUT2D eigenvalue weighted by Crippen LogP contribution is 2.25. The van der Waals surface area contributed by atoms with Gasteiger partial charge < -0.3 is 15.3 Å². The van der Waals surface area contributed by atoms with Crippen LogP contribution in [0.3, 0.4) is 0 Å². The number of aryl methyl sites for hydroxylation is 1. The zero-order valence-corrected chi connectivity index (χ0v) is 15.4. The number of rotatable bonds is 3. The summed E-state index contributed by atoms with van der Waals surface area (Å²) in [4.78, 5) is 30.0. The zero-order chi connectivity index (χ0) is 19.5. The molecule has 1 aromatic carbocycles. The molecule has 4 rings (SSSR count). The Kier molecular flexibility index (Phi) is 4.93. The standard InChI is InChI=1S/C22H21N3O3/c26-19-3-1-2-17(13-19)16-8-10-25(11-9-16)21(28)7-4-15-12-18-5-6-20(27)24-22(18)23-14-15/h1-4,7-8,12-14,26H,5-6,9-11H2,(H,23,24,27)/b7-4+. The number of pyridine rings is 1. The molecule has 0 unspecified atom stereocenters. The number of hydrogen-bond donors (Lipinski definition) is 2. The fourth-order valence-corrected chi connectivity index (χ4v) is 3.48. The highest BCUT2D eigenvalue weighted by atomic mass is 16.3. The number of aromatic nitrogens is 1. The third-order valence-electron chi connectivity index (χ3n) is 5.02. The predicted molar refractivity (Wildman–Crippen MR) is 108 cm³/mol. The molecule has 6 heteroatoms. The van der Waals surface area contributed by atoms with Crippen LogP contribution in [-0.4, -0.2) is 39.9 Å². The number of benzene rings is 1. The summed E-state index contributed by atoms with van der Waals surface area (Å²) in [6.45, 7) is 1.18. The van der Waals surface area contributed by atoms with E-state index in [1.807, 2.05) is 24.3 Å². The van der Waals surface area contributed by atoms with E-state index in [4.69, 9.17) is 0 Å². The van der Waals surface area contributed by atoms with Crippen molar-refractivity contribution >= 4 is 29.3 Å². The number of anilines is 1. The molecule has 0 saturated carbocycles. The molecule has 6 nitrogen and oxygen atoms in total. The van der Waals surface area contributed by atoms with Gasteiger partial charge in [-0.25, -0.2) is 4.98 Å². The number of phenolic OH excluding ortho intramolecular Hbond substituents is 1. The van der Waals surface area contributed by atoms with Crippen molar-refractivity contribution < 1.29 is 14.7 Å². The molecule has 142 valence electrons. The quantitative estimate of drug-likeness (QED) is 0.808. The van der Waals surface area contributed by atoms with Crippen LogP contribution in [0, 0.1) is 0 Å². The van der Waals surface area contributed by atoms with E-state index >= 15 is 0 Å². The third kappa shape index (κ3) is 3.96. The summed E-state index contributed by atoms with van der Waals surface area (Å²) in [6, 6.07) is 9.14. The molecular weight excluding hydrogens is 354 g/mol. The van der Waals surface area contributed by atoms with Gasteiger partial charge in [-0.05, 0) is 59.4 Å². The van der Waals surface area contributed by atoms with Gasteiger partial charge in [-0.1, -0.05) is 18.2 Å². The summed E-state index contributed by atoms with van der Waals surface area (Å²) < 4.78 is 0. The highest BCUT2D eigenvalue weighted by Gasteiger charge is 2.17. The molecule has 0 fully saturated rings. The maximum absolute atomic E-state index is 12.5. The van der Waals surface area contributed by atoms with Crippen LogP contribution in [0.15, 0.2) is 48.7 Å². The fourth-order valence-electron chi connectivity index (χ4n) is 3.48. The minimum atomic E-state index is -0.0442. The molecule has 2 aliphatic rings. The second-order valence-electron chi connectivity index (χ2n) is 6.97. The van der Waals surface area contributed by atoms with Crippen LogP contribution < -0.4 is 5.32 Å². The molecule has 0 spiro atoms. The Bertz CT molecular complexity index is 994. The van der Waals surface area contributed by atoms with Crippen molar-refractivity contribution in [3.05, 3.63) is 65.4 Å². The molecule has 2 aliphatic heterocycles. The molecule has 2 N–H and O–H groups in total. The van der Waals surface area contributed by atoms with Gasteiger partial charge in [0.1, 0.15) is 11.6 Å². The Morgan fingerprint density at radius 1 is 1.21 bits per heavy atom. The minimum absolute atomic E-state index is 0.0123. The summed E-state index contributed by atoms with van der Waals surface area (Å²) >= 11 is 0. The number of amides is 2. The molecule has 0 saturated heterocycles. The number of phenols is 1. The van der Waals surface area contributed by atoms with Gasteiger partial charge in [-0.15, -0.1) is 0 Å². The van der Waals surface area contributed by atoms with Gasteiger partial charge in [0, 0.05) is 31.8 Å². The lowest BCUT2D eigenvalue weighted by atomic mass is 9.99. The minimum Gasteiger partial charge on any atom is -0.508 e. The number of aromatic hydroxyl groups is 1. The number of nitrogens with one attached hydrogen (secondary N) is 1. The smallest absolute Gasteiger partial charge is 0.246 e. The van der Waals surface area contributed by atoms with E-state index in [1.54, 1.807) is 35.4 Å². The van der Waals surface area contributed by atoms with Crippen LogP contribution >= 0.6 is 0 Å². The van der Waals surface area contributed by atoms with E-state index in [9.17, 15) is 14.7 Å². The lowest BCUT2D eigenvalue weighted by Crippen LogP contribution is -2.33. The van der Waals surface area contributed by atoms with Crippen molar-refractivity contribution in [2.24, 2.45) is 0 Å². The van der Waals surface area contributed by atoms with Gasteiger partial charge in [0.2, 0.25) is 11.8 Å². The van der Waals surface area contributed by atoms with Crippen molar-refractivity contribution in [2.75, 3.05) is 18.4 Å². The second-order valence-corrected chi connectivity index (χ2v) is 6.97. The lowest BCUT2D eigenvalue weighted by molar-refractivity contribution is -0.125. The summed E-state index contributed by atoms with van der Waals surface area (Å²) in [5, 5.41) is 12.4. The first kappa shape index (κ1) is 18.0. The van der Waals surface area contributed by atoms with E-state index < -0.39 is 0 Å². The van der Waals surface area contributed by atoms with Crippen LogP contribution in [0.5, 0.6) is 5.75 Å². The first-order valence-electron chi connectivity index (χ1n) is 9.33. The number of carbonyl (C=O) groups excluding carboxylic acids is 2. The molecule has 28 heavy (non-hydrogen) atoms. The molecular formula is C22H21N3O3. The van der Waals surface area contributed by atoms with Crippen LogP contribution in [-0.2, 0) is 16.0 Å². The van der Waals surface area contributed by atoms with Crippen LogP contribution in [0.1, 0.15) is 29.5 Å². The van der Waals surface area contributed by atoms with E-state index in [1.165, 1.54) is 0 Å². The summed E-state index contributed by atoms with van der Waals surface area (Å²) in [7, 11) is 0. The summed E-state index contributed by atoms with van der Waals surface area (Å²) in [5.41, 5.74) is 3.97. The Morgan fingerprint density at radius 3 is 2.89 bits per heavy atom. The van der Waals surface area contributed by atoms with Crippen molar-refractivity contribution in [3.63, 3.8) is 0 Å². The molecule has 1 aromatic heterocycles. The highest BCUT2D eigenvalue weighted by molar-refractivity contribution is 5.94. The van der Waals surface area contributed by atoms with Crippen LogP contribution in [0.25, 0.3) is 11.6 Å². The van der Waals surface area contributed by atoms with Gasteiger partial charge in [0.05, 0.1) is 0 Å². The fraction of sp³-hybridized carbons (Fsp3) is 0.227. The SMILES string of the molecule is O=C1CCc2cc(/C=C/C(=O)N3CC=C(c4cccc(O)c4)CC3)cnc2N1. The monoisotopic (exact) mass is 375 g/mol. The first-order chi connectivity index (χ1) is 13.6. The number of carbonyl (C=O) groups is 2. The Morgan fingerprint density at radius 2 is 2.11 bits per heavy atom. The largest absolute Gasteiger partial charge is 0.508 e. The van der Waals surface area contributed by atoms with Crippen LogP contribution in [0.4, 0.5) is 5.82 Å². The molecule has 0 bridgehead atoms. The maximum atomic E-state index is 12.5. The topological polar surface area (TPSA) is 82.5 Å². The van der Waals surface area contributed by atoms with E-state index in [0.717, 1.165) is 28.7 Å². The number of fused-ring (bicyclic) bond motifs is 1. The maximum Gasteiger partial charge on any atom is 0.246 e. The Balaban J connectivity index is 1.40. The number of hydrogen-bond acceptors (Lipinski definition) is 4. The van der Waals surface area contributed by atoms with Gasteiger partial charge >= 0.3 is 0 Å². The summed E-state index contributed by atoms with van der Waals surface area (Å²) in [6.07, 6.45) is 8.90. The van der Waals surface area contributed by atoms with Gasteiger partial charge in [-0.2, -0.15) is 0 Å². The van der Waals surface area contributed by atoms with Crippen molar-refractivity contribution in [2.45, 2.75) is 19.3 Å². The van der Waals surface area contributed by atoms with E-state index in [0.29, 0.717) is 31.7 Å². The normalized spacial score (nSPS) is 16.5. The lowest BCUT2D eigenvalue weighted by Gasteiger charge is -2.25. The zero-order valence-electron chi connectivity index (χ0n) is 15.4. The number of nitrogens with zero attached hydrogens (tertiary/aromatic N) is 2. The molecule has 0 atom stereocenters. The summed E-state index contributed by atoms with van der Waals surface area (Å²) in [5.74, 6) is 0.803. The van der Waals surface area contributed by atoms with Crippen LogP contribution in [0.2, 0.25) is 0 Å². The van der Waals surface area contributed by atoms with Crippen molar-refractivity contribution in [1.29, 1.82) is 0 Å².